The van der Waals surface area contributed by atoms with Crippen molar-refractivity contribution in [1.82, 2.24) is 5.32 Å². The highest BCUT2D eigenvalue weighted by Crippen LogP contribution is 2.32. The van der Waals surface area contributed by atoms with Gasteiger partial charge in [0.25, 0.3) is 11.8 Å². The minimum Gasteiger partial charge on any atom is -0.482 e. The largest absolute Gasteiger partial charge is 0.482 e. The van der Waals surface area contributed by atoms with Crippen LogP contribution in [-0.4, -0.2) is 25.0 Å². The van der Waals surface area contributed by atoms with Crippen molar-refractivity contribution in [2.75, 3.05) is 18.1 Å². The van der Waals surface area contributed by atoms with Gasteiger partial charge in [0, 0.05) is 12.1 Å². The molecule has 2 amide bonds. The lowest BCUT2D eigenvalue weighted by Crippen LogP contribution is -2.38. The fraction of sp³-hybridized carbons (Fsp3) is 0.300. The third-order valence-corrected chi connectivity index (χ3v) is 4.15. The number of carbonyl (C=O) groups excluding carboxylic acids is 2. The Morgan fingerprint density at radius 1 is 1.20 bits per heavy atom. The molecule has 25 heavy (non-hydrogen) atoms. The molecule has 0 spiro atoms. The summed E-state index contributed by atoms with van der Waals surface area (Å²) >= 11 is 0. The van der Waals surface area contributed by atoms with E-state index in [-0.39, 0.29) is 18.4 Å². The average molecular weight is 338 g/mol. The highest BCUT2D eigenvalue weighted by Gasteiger charge is 2.25. The molecule has 5 heteroatoms. The van der Waals surface area contributed by atoms with Crippen LogP contribution in [0.4, 0.5) is 5.69 Å². The summed E-state index contributed by atoms with van der Waals surface area (Å²) in [6, 6.07) is 14.9. The van der Waals surface area contributed by atoms with Gasteiger partial charge in [-0.05, 0) is 36.2 Å². The Bertz CT molecular complexity index is 773. The van der Waals surface area contributed by atoms with E-state index in [4.69, 9.17) is 4.74 Å². The van der Waals surface area contributed by atoms with Crippen LogP contribution >= 0.6 is 0 Å². The third kappa shape index (κ3) is 3.99. The molecule has 1 heterocycles. The first-order chi connectivity index (χ1) is 12.2. The number of para-hydroxylation sites is 2. The van der Waals surface area contributed by atoms with E-state index in [1.165, 1.54) is 0 Å². The van der Waals surface area contributed by atoms with E-state index in [2.05, 4.69) is 12.2 Å². The first kappa shape index (κ1) is 17.0. The van der Waals surface area contributed by atoms with Crippen LogP contribution in [0, 0.1) is 0 Å². The van der Waals surface area contributed by atoms with Crippen LogP contribution in [0.5, 0.6) is 5.75 Å². The standard InChI is InChI=1S/C20H22N2O3/c1-2-3-11-21-20(24)16-8-6-7-15(12-16)13-22-17-9-4-5-10-18(17)25-14-19(22)23/h4-10,12H,2-3,11,13-14H2,1H3,(H,21,24). The van der Waals surface area contributed by atoms with Crippen LogP contribution in [0.3, 0.4) is 0 Å². The molecular weight excluding hydrogens is 316 g/mol. The normalized spacial score (nSPS) is 13.2. The Balaban J connectivity index is 1.76. The van der Waals surface area contributed by atoms with Crippen molar-refractivity contribution in [2.45, 2.75) is 26.3 Å². The predicted octanol–water partition coefficient (Wildman–Crippen LogP) is 3.14. The molecule has 0 aromatic heterocycles. The van der Waals surface area contributed by atoms with Crippen molar-refractivity contribution in [2.24, 2.45) is 0 Å². The summed E-state index contributed by atoms with van der Waals surface area (Å²) in [6.07, 6.45) is 2.00. The summed E-state index contributed by atoms with van der Waals surface area (Å²) in [5, 5.41) is 2.92. The maximum Gasteiger partial charge on any atom is 0.265 e. The zero-order valence-electron chi connectivity index (χ0n) is 14.3. The number of carbonyl (C=O) groups is 2. The molecule has 130 valence electrons. The predicted molar refractivity (Wildman–Crippen MR) is 96.8 cm³/mol. The fourth-order valence-corrected chi connectivity index (χ4v) is 2.80. The van der Waals surface area contributed by atoms with E-state index in [0.717, 1.165) is 24.1 Å². The smallest absolute Gasteiger partial charge is 0.265 e. The molecule has 0 saturated heterocycles. The van der Waals surface area contributed by atoms with Gasteiger partial charge in [-0.3, -0.25) is 9.59 Å². The Hall–Kier alpha value is -2.82. The zero-order valence-corrected chi connectivity index (χ0v) is 14.3. The molecule has 2 aromatic rings. The number of hydrogen-bond donors (Lipinski definition) is 1. The van der Waals surface area contributed by atoms with Crippen molar-refractivity contribution in [3.8, 4) is 5.75 Å². The molecule has 1 N–H and O–H groups in total. The van der Waals surface area contributed by atoms with Crippen LogP contribution in [0.25, 0.3) is 0 Å². The molecule has 0 saturated carbocycles. The first-order valence-electron chi connectivity index (χ1n) is 8.58. The summed E-state index contributed by atoms with van der Waals surface area (Å²) in [6.45, 7) is 3.21. The van der Waals surface area contributed by atoms with E-state index in [1.54, 1.807) is 11.0 Å². The number of rotatable bonds is 6. The number of anilines is 1. The SMILES string of the molecule is CCCCNC(=O)c1cccc(CN2C(=O)COc3ccccc32)c1. The molecule has 2 aromatic carbocycles. The Kier molecular flexibility index (Phi) is 5.33. The number of unbranched alkanes of at least 4 members (excludes halogenated alkanes) is 1. The number of hydrogen-bond acceptors (Lipinski definition) is 3. The van der Waals surface area contributed by atoms with Gasteiger partial charge >= 0.3 is 0 Å². The van der Waals surface area contributed by atoms with Gasteiger partial charge in [0.15, 0.2) is 6.61 Å². The Morgan fingerprint density at radius 3 is 2.88 bits per heavy atom. The van der Waals surface area contributed by atoms with Crippen molar-refractivity contribution in [3.63, 3.8) is 0 Å². The Labute approximate surface area is 147 Å². The molecular formula is C20H22N2O3. The van der Waals surface area contributed by atoms with Crippen LogP contribution in [-0.2, 0) is 11.3 Å². The monoisotopic (exact) mass is 338 g/mol. The first-order valence-corrected chi connectivity index (χ1v) is 8.58. The third-order valence-electron chi connectivity index (χ3n) is 4.15. The van der Waals surface area contributed by atoms with Crippen molar-refractivity contribution >= 4 is 17.5 Å². The van der Waals surface area contributed by atoms with E-state index >= 15 is 0 Å². The molecule has 1 aliphatic heterocycles. The number of benzene rings is 2. The second kappa shape index (κ2) is 7.83. The molecule has 0 unspecified atom stereocenters. The summed E-state index contributed by atoms with van der Waals surface area (Å²) in [7, 11) is 0. The van der Waals surface area contributed by atoms with Gasteiger partial charge < -0.3 is 15.0 Å². The topological polar surface area (TPSA) is 58.6 Å². The lowest BCUT2D eigenvalue weighted by Gasteiger charge is -2.29. The van der Waals surface area contributed by atoms with Gasteiger partial charge in [0.05, 0.1) is 12.2 Å². The maximum absolute atomic E-state index is 12.3. The number of fused-ring (bicyclic) bond motifs is 1. The minimum absolute atomic E-state index is 0.0359. The second-order valence-electron chi connectivity index (χ2n) is 6.05. The van der Waals surface area contributed by atoms with Crippen LogP contribution in [0.15, 0.2) is 48.5 Å². The van der Waals surface area contributed by atoms with Gasteiger partial charge in [-0.15, -0.1) is 0 Å². The highest BCUT2D eigenvalue weighted by atomic mass is 16.5. The van der Waals surface area contributed by atoms with Gasteiger partial charge in [0.1, 0.15) is 5.75 Å². The molecule has 1 aliphatic rings. The summed E-state index contributed by atoms with van der Waals surface area (Å²) in [4.78, 5) is 26.2. The van der Waals surface area contributed by atoms with Crippen LogP contribution in [0.2, 0.25) is 0 Å². The number of nitrogens with zero attached hydrogens (tertiary/aromatic N) is 1. The minimum atomic E-state index is -0.0866. The van der Waals surface area contributed by atoms with E-state index in [9.17, 15) is 9.59 Å². The van der Waals surface area contributed by atoms with Crippen LogP contribution < -0.4 is 15.0 Å². The lowest BCUT2D eigenvalue weighted by molar-refractivity contribution is -0.121. The molecule has 0 aliphatic carbocycles. The molecule has 0 atom stereocenters. The lowest BCUT2D eigenvalue weighted by atomic mass is 10.1. The van der Waals surface area contributed by atoms with E-state index in [0.29, 0.717) is 24.4 Å². The average Bonchev–Trinajstić information content (AvgIpc) is 2.64. The van der Waals surface area contributed by atoms with Gasteiger partial charge in [0.2, 0.25) is 0 Å². The number of ether oxygens (including phenoxy) is 1. The summed E-state index contributed by atoms with van der Waals surface area (Å²) < 4.78 is 5.47. The van der Waals surface area contributed by atoms with Gasteiger partial charge in [-0.25, -0.2) is 0 Å². The summed E-state index contributed by atoms with van der Waals surface area (Å²) in [5.41, 5.74) is 2.28. The van der Waals surface area contributed by atoms with Crippen LogP contribution in [0.1, 0.15) is 35.7 Å². The zero-order chi connectivity index (χ0) is 17.6. The molecule has 0 fully saturated rings. The molecule has 5 nitrogen and oxygen atoms in total. The Morgan fingerprint density at radius 2 is 2.04 bits per heavy atom. The van der Waals surface area contributed by atoms with Crippen molar-refractivity contribution < 1.29 is 14.3 Å². The van der Waals surface area contributed by atoms with Crippen molar-refractivity contribution in [3.05, 3.63) is 59.7 Å². The van der Waals surface area contributed by atoms with E-state index in [1.807, 2.05) is 42.5 Å². The number of nitrogens with one attached hydrogen (secondary N) is 1. The molecule has 3 rings (SSSR count). The summed E-state index contributed by atoms with van der Waals surface area (Å²) in [5.74, 6) is 0.538. The quantitative estimate of drug-likeness (QED) is 0.823. The van der Waals surface area contributed by atoms with Crippen molar-refractivity contribution in [1.29, 1.82) is 0 Å². The maximum atomic E-state index is 12.3. The van der Waals surface area contributed by atoms with E-state index < -0.39 is 0 Å². The second-order valence-corrected chi connectivity index (χ2v) is 6.05. The number of amides is 2. The fourth-order valence-electron chi connectivity index (χ4n) is 2.80. The van der Waals surface area contributed by atoms with Gasteiger partial charge in [-0.2, -0.15) is 0 Å². The molecule has 0 radical (unpaired) electrons. The highest BCUT2D eigenvalue weighted by molar-refractivity contribution is 5.98. The van der Waals surface area contributed by atoms with Gasteiger partial charge in [-0.1, -0.05) is 37.6 Å². The molecule has 0 bridgehead atoms.